The van der Waals surface area contributed by atoms with E-state index in [-0.39, 0.29) is 12.1 Å². The molecule has 0 spiro atoms. The molecule has 3 N–H and O–H groups in total. The van der Waals surface area contributed by atoms with Gasteiger partial charge in [-0.3, -0.25) is 0 Å². The number of hydrogen-bond donors (Lipinski definition) is 2. The van der Waals surface area contributed by atoms with Crippen molar-refractivity contribution in [1.29, 1.82) is 0 Å². The van der Waals surface area contributed by atoms with Gasteiger partial charge in [0.1, 0.15) is 0 Å². The van der Waals surface area contributed by atoms with Crippen LogP contribution in [0.4, 0.5) is 0 Å². The van der Waals surface area contributed by atoms with Gasteiger partial charge in [0.05, 0.1) is 12.1 Å². The molecule has 1 fully saturated rings. The van der Waals surface area contributed by atoms with Gasteiger partial charge in [0.25, 0.3) is 0 Å². The van der Waals surface area contributed by atoms with E-state index >= 15 is 0 Å². The fraction of sp³-hybridized carbons (Fsp3) is 0.538. The standard InChI is InChI=1S/C13H19NO/c1-9-4-2-7-11(8-9)12(14)13(15)10-5-3-6-10/h2,4,7-8,10,12-13,15H,3,5-6,14H2,1H3/t12-,13+/m0/s1. The highest BCUT2D eigenvalue weighted by atomic mass is 16.3. The van der Waals surface area contributed by atoms with Crippen molar-refractivity contribution >= 4 is 0 Å². The van der Waals surface area contributed by atoms with E-state index in [0.29, 0.717) is 5.92 Å². The molecule has 15 heavy (non-hydrogen) atoms. The van der Waals surface area contributed by atoms with Crippen LogP contribution < -0.4 is 5.73 Å². The van der Waals surface area contributed by atoms with Gasteiger partial charge in [0.15, 0.2) is 0 Å². The van der Waals surface area contributed by atoms with E-state index in [1.165, 1.54) is 12.0 Å². The number of aryl methyl sites for hydroxylation is 1. The van der Waals surface area contributed by atoms with E-state index in [1.807, 2.05) is 25.1 Å². The maximum absolute atomic E-state index is 10.1. The van der Waals surface area contributed by atoms with Crippen LogP contribution in [-0.2, 0) is 0 Å². The quantitative estimate of drug-likeness (QED) is 0.794. The summed E-state index contributed by atoms with van der Waals surface area (Å²) in [5.74, 6) is 0.417. The summed E-state index contributed by atoms with van der Waals surface area (Å²) in [6.45, 7) is 2.05. The first-order chi connectivity index (χ1) is 7.18. The van der Waals surface area contributed by atoms with Crippen molar-refractivity contribution in [3.8, 4) is 0 Å². The molecule has 0 aliphatic heterocycles. The van der Waals surface area contributed by atoms with Crippen molar-refractivity contribution in [2.24, 2.45) is 11.7 Å². The lowest BCUT2D eigenvalue weighted by molar-refractivity contribution is 0.0413. The van der Waals surface area contributed by atoms with Crippen LogP contribution in [0, 0.1) is 12.8 Å². The van der Waals surface area contributed by atoms with E-state index < -0.39 is 0 Å². The predicted octanol–water partition coefficient (Wildman–Crippen LogP) is 2.16. The molecule has 0 heterocycles. The van der Waals surface area contributed by atoms with Crippen LogP contribution in [0.15, 0.2) is 24.3 Å². The second-order valence-corrected chi connectivity index (χ2v) is 4.62. The molecule has 1 aromatic carbocycles. The Bertz CT molecular complexity index is 333. The molecule has 82 valence electrons. The maximum Gasteiger partial charge on any atom is 0.0760 e. The first-order valence-electron chi connectivity index (χ1n) is 5.68. The molecule has 0 aromatic heterocycles. The number of rotatable bonds is 3. The Balaban J connectivity index is 2.08. The van der Waals surface area contributed by atoms with Crippen molar-refractivity contribution in [1.82, 2.24) is 0 Å². The third-order valence-electron chi connectivity index (χ3n) is 3.43. The Labute approximate surface area is 91.1 Å². The second kappa shape index (κ2) is 4.33. The predicted molar refractivity (Wildman–Crippen MR) is 61.5 cm³/mol. The summed E-state index contributed by atoms with van der Waals surface area (Å²) in [4.78, 5) is 0. The third-order valence-corrected chi connectivity index (χ3v) is 3.43. The molecule has 1 aliphatic carbocycles. The average molecular weight is 205 g/mol. The number of nitrogens with two attached hydrogens (primary N) is 1. The van der Waals surface area contributed by atoms with E-state index in [2.05, 4.69) is 6.07 Å². The third kappa shape index (κ3) is 2.21. The molecule has 2 rings (SSSR count). The van der Waals surface area contributed by atoms with Gasteiger partial charge in [0, 0.05) is 0 Å². The summed E-state index contributed by atoms with van der Waals surface area (Å²) in [5, 5.41) is 10.1. The molecular formula is C13H19NO. The molecule has 1 aliphatic rings. The molecule has 1 aromatic rings. The monoisotopic (exact) mass is 205 g/mol. The van der Waals surface area contributed by atoms with E-state index in [9.17, 15) is 5.11 Å². The van der Waals surface area contributed by atoms with Crippen molar-refractivity contribution in [2.75, 3.05) is 0 Å². The lowest BCUT2D eigenvalue weighted by Crippen LogP contribution is -2.36. The summed E-state index contributed by atoms with van der Waals surface area (Å²) in [7, 11) is 0. The molecule has 1 saturated carbocycles. The fourth-order valence-corrected chi connectivity index (χ4v) is 2.15. The molecule has 2 nitrogen and oxygen atoms in total. The molecular weight excluding hydrogens is 186 g/mol. The van der Waals surface area contributed by atoms with Crippen LogP contribution >= 0.6 is 0 Å². The van der Waals surface area contributed by atoms with Crippen molar-refractivity contribution in [3.05, 3.63) is 35.4 Å². The van der Waals surface area contributed by atoms with Crippen LogP contribution in [0.3, 0.4) is 0 Å². The molecule has 2 atom stereocenters. The fourth-order valence-electron chi connectivity index (χ4n) is 2.15. The second-order valence-electron chi connectivity index (χ2n) is 4.62. The van der Waals surface area contributed by atoms with Gasteiger partial charge in [-0.25, -0.2) is 0 Å². The van der Waals surface area contributed by atoms with Crippen LogP contribution in [0.2, 0.25) is 0 Å². The summed E-state index contributed by atoms with van der Waals surface area (Å²) in [6.07, 6.45) is 3.12. The Morgan fingerprint density at radius 3 is 2.67 bits per heavy atom. The minimum atomic E-state index is -0.374. The molecule has 0 saturated heterocycles. The smallest absolute Gasteiger partial charge is 0.0760 e. The van der Waals surface area contributed by atoms with Crippen molar-refractivity contribution in [2.45, 2.75) is 38.3 Å². The zero-order chi connectivity index (χ0) is 10.8. The minimum absolute atomic E-state index is 0.227. The van der Waals surface area contributed by atoms with Gasteiger partial charge in [-0.15, -0.1) is 0 Å². The first kappa shape index (κ1) is 10.7. The average Bonchev–Trinajstić information content (AvgIpc) is 2.14. The van der Waals surface area contributed by atoms with E-state index in [1.54, 1.807) is 0 Å². The van der Waals surface area contributed by atoms with Crippen LogP contribution in [0.25, 0.3) is 0 Å². The van der Waals surface area contributed by atoms with E-state index in [0.717, 1.165) is 18.4 Å². The topological polar surface area (TPSA) is 46.2 Å². The Hall–Kier alpha value is -0.860. The Kier molecular flexibility index (Phi) is 3.08. The van der Waals surface area contributed by atoms with Gasteiger partial charge >= 0.3 is 0 Å². The van der Waals surface area contributed by atoms with Gasteiger partial charge in [-0.05, 0) is 31.2 Å². The number of aliphatic hydroxyl groups excluding tert-OH is 1. The molecule has 0 radical (unpaired) electrons. The van der Waals surface area contributed by atoms with Gasteiger partial charge in [0.2, 0.25) is 0 Å². The molecule has 0 amide bonds. The molecule has 2 heteroatoms. The lowest BCUT2D eigenvalue weighted by atomic mass is 9.77. The van der Waals surface area contributed by atoms with Gasteiger partial charge < -0.3 is 10.8 Å². The number of hydrogen-bond acceptors (Lipinski definition) is 2. The van der Waals surface area contributed by atoms with E-state index in [4.69, 9.17) is 5.73 Å². The largest absolute Gasteiger partial charge is 0.391 e. The number of benzene rings is 1. The summed E-state index contributed by atoms with van der Waals surface area (Å²) in [6, 6.07) is 7.88. The Morgan fingerprint density at radius 1 is 1.40 bits per heavy atom. The van der Waals surface area contributed by atoms with Crippen molar-refractivity contribution < 1.29 is 5.11 Å². The summed E-state index contributed by atoms with van der Waals surface area (Å²) >= 11 is 0. The van der Waals surface area contributed by atoms with Crippen molar-refractivity contribution in [3.63, 3.8) is 0 Å². The molecule has 0 bridgehead atoms. The highest BCUT2D eigenvalue weighted by molar-refractivity contribution is 5.25. The highest BCUT2D eigenvalue weighted by Crippen LogP contribution is 2.34. The highest BCUT2D eigenvalue weighted by Gasteiger charge is 2.30. The maximum atomic E-state index is 10.1. The SMILES string of the molecule is Cc1cccc([C@H](N)[C@H](O)C2CCC2)c1. The number of aliphatic hydroxyl groups is 1. The summed E-state index contributed by atoms with van der Waals surface area (Å²) in [5.41, 5.74) is 8.32. The first-order valence-corrected chi connectivity index (χ1v) is 5.68. The van der Waals surface area contributed by atoms with Gasteiger partial charge in [-0.1, -0.05) is 36.2 Å². The van der Waals surface area contributed by atoms with Crippen LogP contribution in [-0.4, -0.2) is 11.2 Å². The Morgan fingerprint density at radius 2 is 2.13 bits per heavy atom. The van der Waals surface area contributed by atoms with Gasteiger partial charge in [-0.2, -0.15) is 0 Å². The zero-order valence-electron chi connectivity index (χ0n) is 9.19. The summed E-state index contributed by atoms with van der Waals surface area (Å²) < 4.78 is 0. The minimum Gasteiger partial charge on any atom is -0.391 e. The zero-order valence-corrected chi connectivity index (χ0v) is 9.19. The lowest BCUT2D eigenvalue weighted by Gasteiger charge is -2.33. The normalized spacial score (nSPS) is 20.7. The van der Waals surface area contributed by atoms with Crippen LogP contribution in [0.1, 0.15) is 36.4 Å². The molecule has 0 unspecified atom stereocenters. The van der Waals surface area contributed by atoms with Crippen LogP contribution in [0.5, 0.6) is 0 Å².